The summed E-state index contributed by atoms with van der Waals surface area (Å²) < 4.78 is 5.10. The van der Waals surface area contributed by atoms with Crippen molar-refractivity contribution in [2.24, 2.45) is 0 Å². The minimum Gasteiger partial charge on any atom is -0.356 e. The third-order valence-corrected chi connectivity index (χ3v) is 2.56. The molecule has 13 heavy (non-hydrogen) atoms. The molecule has 1 atom stereocenters. The summed E-state index contributed by atoms with van der Waals surface area (Å²) in [4.78, 5) is 0. The van der Waals surface area contributed by atoms with E-state index in [4.69, 9.17) is 4.52 Å². The molecule has 0 aliphatic carbocycles. The van der Waals surface area contributed by atoms with Gasteiger partial charge in [-0.1, -0.05) is 25.1 Å². The average Bonchev–Trinajstić information content (AvgIpc) is 2.63. The Morgan fingerprint density at radius 3 is 3.08 bits per heavy atom. The van der Waals surface area contributed by atoms with Gasteiger partial charge in [0, 0.05) is 5.39 Å². The Labute approximate surface area is 77.5 Å². The molecule has 0 N–H and O–H groups in total. The van der Waals surface area contributed by atoms with Crippen LogP contribution in [0.1, 0.15) is 31.7 Å². The molecule has 2 nitrogen and oxygen atoms in total. The Hall–Kier alpha value is -1.31. The fourth-order valence-corrected chi connectivity index (χ4v) is 1.42. The van der Waals surface area contributed by atoms with Crippen molar-refractivity contribution in [3.8, 4) is 0 Å². The number of benzene rings is 1. The monoisotopic (exact) mass is 175 g/mol. The zero-order valence-corrected chi connectivity index (χ0v) is 7.95. The van der Waals surface area contributed by atoms with E-state index in [1.807, 2.05) is 0 Å². The molecule has 0 aliphatic rings. The van der Waals surface area contributed by atoms with Crippen LogP contribution in [-0.4, -0.2) is 5.16 Å². The summed E-state index contributed by atoms with van der Waals surface area (Å²) in [6.45, 7) is 4.41. The molecule has 0 saturated heterocycles. The number of hydrogen-bond acceptors (Lipinski definition) is 2. The molecule has 0 bridgehead atoms. The molecule has 2 aromatic rings. The fraction of sp³-hybridized carbons (Fsp3) is 0.364. The van der Waals surface area contributed by atoms with Gasteiger partial charge in [0.1, 0.15) is 0 Å². The van der Waals surface area contributed by atoms with Gasteiger partial charge in [-0.05, 0) is 30.0 Å². The first-order chi connectivity index (χ1) is 6.31. The van der Waals surface area contributed by atoms with Crippen molar-refractivity contribution in [1.29, 1.82) is 0 Å². The van der Waals surface area contributed by atoms with Crippen molar-refractivity contribution in [2.45, 2.75) is 26.2 Å². The van der Waals surface area contributed by atoms with Crippen molar-refractivity contribution in [2.75, 3.05) is 0 Å². The molecular weight excluding hydrogens is 162 g/mol. The maximum atomic E-state index is 5.10. The number of rotatable bonds is 2. The lowest BCUT2D eigenvalue weighted by atomic mass is 9.98. The van der Waals surface area contributed by atoms with Crippen LogP contribution in [0.3, 0.4) is 0 Å². The van der Waals surface area contributed by atoms with Gasteiger partial charge in [-0.25, -0.2) is 0 Å². The van der Waals surface area contributed by atoms with E-state index in [1.165, 1.54) is 5.56 Å². The predicted octanol–water partition coefficient (Wildman–Crippen LogP) is 3.34. The highest BCUT2D eigenvalue weighted by atomic mass is 16.5. The van der Waals surface area contributed by atoms with E-state index in [9.17, 15) is 0 Å². The lowest BCUT2D eigenvalue weighted by molar-refractivity contribution is 0.456. The smallest absolute Gasteiger partial charge is 0.167 e. The molecule has 0 radical (unpaired) electrons. The van der Waals surface area contributed by atoms with Gasteiger partial charge >= 0.3 is 0 Å². The summed E-state index contributed by atoms with van der Waals surface area (Å²) in [5.74, 6) is 0.592. The van der Waals surface area contributed by atoms with Gasteiger partial charge in [0.15, 0.2) is 5.58 Å². The topological polar surface area (TPSA) is 26.0 Å². The lowest BCUT2D eigenvalue weighted by Crippen LogP contribution is -1.89. The summed E-state index contributed by atoms with van der Waals surface area (Å²) in [7, 11) is 0. The highest BCUT2D eigenvalue weighted by Crippen LogP contribution is 2.23. The van der Waals surface area contributed by atoms with E-state index in [0.29, 0.717) is 5.92 Å². The van der Waals surface area contributed by atoms with E-state index in [1.54, 1.807) is 6.20 Å². The van der Waals surface area contributed by atoms with Gasteiger partial charge in [0.2, 0.25) is 0 Å². The van der Waals surface area contributed by atoms with Crippen molar-refractivity contribution < 1.29 is 4.52 Å². The Kier molecular flexibility index (Phi) is 2.05. The first-order valence-corrected chi connectivity index (χ1v) is 4.65. The van der Waals surface area contributed by atoms with Gasteiger partial charge in [0.25, 0.3) is 0 Å². The second-order valence-electron chi connectivity index (χ2n) is 3.43. The number of nitrogens with zero attached hydrogens (tertiary/aromatic N) is 1. The number of fused-ring (bicyclic) bond motifs is 1. The largest absolute Gasteiger partial charge is 0.356 e. The van der Waals surface area contributed by atoms with E-state index >= 15 is 0 Å². The summed E-state index contributed by atoms with van der Waals surface area (Å²) in [6.07, 6.45) is 2.90. The van der Waals surface area contributed by atoms with E-state index < -0.39 is 0 Å². The molecule has 1 aromatic heterocycles. The van der Waals surface area contributed by atoms with Crippen LogP contribution in [0, 0.1) is 0 Å². The molecule has 0 spiro atoms. The summed E-state index contributed by atoms with van der Waals surface area (Å²) in [5.41, 5.74) is 2.21. The Bertz CT molecular complexity index is 405. The van der Waals surface area contributed by atoms with Gasteiger partial charge < -0.3 is 4.52 Å². The summed E-state index contributed by atoms with van der Waals surface area (Å²) in [5, 5.41) is 4.83. The SMILES string of the molecule is CCC(C)c1ccc2cnoc2c1. The molecule has 1 aromatic carbocycles. The Balaban J connectivity index is 2.48. The van der Waals surface area contributed by atoms with Crippen molar-refractivity contribution in [3.63, 3.8) is 0 Å². The first-order valence-electron chi connectivity index (χ1n) is 4.65. The molecule has 0 amide bonds. The lowest BCUT2D eigenvalue weighted by Gasteiger charge is -2.07. The van der Waals surface area contributed by atoms with Crippen LogP contribution in [0.15, 0.2) is 28.9 Å². The second kappa shape index (κ2) is 3.21. The first kappa shape index (κ1) is 8.30. The van der Waals surface area contributed by atoms with Crippen LogP contribution < -0.4 is 0 Å². The van der Waals surface area contributed by atoms with Crippen LogP contribution in [0.2, 0.25) is 0 Å². The zero-order chi connectivity index (χ0) is 9.26. The van der Waals surface area contributed by atoms with Crippen LogP contribution in [0.4, 0.5) is 0 Å². The average molecular weight is 175 g/mol. The molecule has 2 heteroatoms. The Morgan fingerprint density at radius 2 is 2.31 bits per heavy atom. The van der Waals surface area contributed by atoms with E-state index in [2.05, 4.69) is 37.2 Å². The maximum absolute atomic E-state index is 5.10. The van der Waals surface area contributed by atoms with Gasteiger partial charge in [-0.2, -0.15) is 0 Å². The van der Waals surface area contributed by atoms with Crippen molar-refractivity contribution in [3.05, 3.63) is 30.0 Å². The van der Waals surface area contributed by atoms with Crippen LogP contribution in [-0.2, 0) is 0 Å². The molecule has 0 fully saturated rings. The summed E-state index contributed by atoms with van der Waals surface area (Å²) >= 11 is 0. The number of hydrogen-bond donors (Lipinski definition) is 0. The summed E-state index contributed by atoms with van der Waals surface area (Å²) in [6, 6.07) is 6.29. The molecule has 0 saturated carbocycles. The van der Waals surface area contributed by atoms with Crippen LogP contribution in [0.25, 0.3) is 11.0 Å². The molecule has 2 rings (SSSR count). The van der Waals surface area contributed by atoms with Crippen molar-refractivity contribution >= 4 is 11.0 Å². The van der Waals surface area contributed by atoms with Gasteiger partial charge in [-0.15, -0.1) is 0 Å². The minimum absolute atomic E-state index is 0.592. The Morgan fingerprint density at radius 1 is 1.46 bits per heavy atom. The molecule has 68 valence electrons. The normalized spacial score (nSPS) is 13.4. The highest BCUT2D eigenvalue weighted by molar-refractivity contribution is 5.76. The van der Waals surface area contributed by atoms with Crippen LogP contribution >= 0.6 is 0 Å². The predicted molar refractivity (Wildman–Crippen MR) is 52.7 cm³/mol. The zero-order valence-electron chi connectivity index (χ0n) is 7.95. The third kappa shape index (κ3) is 1.44. The van der Waals surface area contributed by atoms with Gasteiger partial charge in [0.05, 0.1) is 6.20 Å². The standard InChI is InChI=1S/C11H13NO/c1-3-8(2)9-4-5-10-7-12-13-11(10)6-9/h4-8H,3H2,1-2H3. The van der Waals surface area contributed by atoms with Crippen molar-refractivity contribution in [1.82, 2.24) is 5.16 Å². The molecular formula is C11H13NO. The second-order valence-corrected chi connectivity index (χ2v) is 3.43. The third-order valence-electron chi connectivity index (χ3n) is 2.56. The fourth-order valence-electron chi connectivity index (χ4n) is 1.42. The highest BCUT2D eigenvalue weighted by Gasteiger charge is 2.05. The van der Waals surface area contributed by atoms with E-state index in [0.717, 1.165) is 17.4 Å². The minimum atomic E-state index is 0.592. The van der Waals surface area contributed by atoms with Gasteiger partial charge in [-0.3, -0.25) is 0 Å². The molecule has 0 aliphatic heterocycles. The number of aromatic nitrogens is 1. The van der Waals surface area contributed by atoms with Crippen LogP contribution in [0.5, 0.6) is 0 Å². The quantitative estimate of drug-likeness (QED) is 0.699. The molecule has 1 heterocycles. The maximum Gasteiger partial charge on any atom is 0.167 e. The van der Waals surface area contributed by atoms with E-state index in [-0.39, 0.29) is 0 Å². The molecule has 1 unspecified atom stereocenters.